The van der Waals surface area contributed by atoms with Crippen LogP contribution in [0.25, 0.3) is 0 Å². The highest BCUT2D eigenvalue weighted by molar-refractivity contribution is 5.79. The SMILES string of the molecule is O=C(Cc1cc(F)c(F)cc1F)N1CCN(CC2CCOC2)CC1. The first-order valence-corrected chi connectivity index (χ1v) is 8.24. The van der Waals surface area contributed by atoms with Crippen LogP contribution < -0.4 is 0 Å². The standard InChI is InChI=1S/C17H21F3N2O2/c18-14-9-16(20)15(19)7-13(14)8-17(23)22-4-2-21(3-5-22)10-12-1-6-24-11-12/h7,9,12H,1-6,8,10-11H2. The van der Waals surface area contributed by atoms with Crippen LogP contribution in [-0.4, -0.2) is 61.6 Å². The van der Waals surface area contributed by atoms with Gasteiger partial charge in [-0.3, -0.25) is 9.69 Å². The number of hydrogen-bond donors (Lipinski definition) is 0. The van der Waals surface area contributed by atoms with Crippen LogP contribution in [0.4, 0.5) is 13.2 Å². The second kappa shape index (κ2) is 7.53. The minimum Gasteiger partial charge on any atom is -0.381 e. The summed E-state index contributed by atoms with van der Waals surface area (Å²) in [5, 5.41) is 0. The molecule has 2 fully saturated rings. The lowest BCUT2D eigenvalue weighted by Gasteiger charge is -2.35. The summed E-state index contributed by atoms with van der Waals surface area (Å²) in [5.41, 5.74) is -0.107. The van der Waals surface area contributed by atoms with E-state index in [-0.39, 0.29) is 17.9 Å². The molecule has 0 saturated carbocycles. The third-order valence-electron chi connectivity index (χ3n) is 4.70. The molecule has 1 aromatic rings. The van der Waals surface area contributed by atoms with Crippen molar-refractivity contribution in [1.82, 2.24) is 9.80 Å². The number of piperazine rings is 1. The van der Waals surface area contributed by atoms with Gasteiger partial charge in [-0.25, -0.2) is 13.2 Å². The molecule has 0 radical (unpaired) electrons. The van der Waals surface area contributed by atoms with E-state index in [1.165, 1.54) is 0 Å². The summed E-state index contributed by atoms with van der Waals surface area (Å²) in [4.78, 5) is 16.2. The number of carbonyl (C=O) groups excluding carboxylic acids is 1. The zero-order chi connectivity index (χ0) is 17.1. The Morgan fingerprint density at radius 2 is 1.79 bits per heavy atom. The third-order valence-corrected chi connectivity index (χ3v) is 4.70. The molecule has 2 saturated heterocycles. The van der Waals surface area contributed by atoms with Crippen molar-refractivity contribution in [3.8, 4) is 0 Å². The number of nitrogens with zero attached hydrogens (tertiary/aromatic N) is 2. The van der Waals surface area contributed by atoms with Gasteiger partial charge in [-0.05, 0) is 18.4 Å². The van der Waals surface area contributed by atoms with Crippen LogP contribution in [0.2, 0.25) is 0 Å². The first-order valence-electron chi connectivity index (χ1n) is 8.24. The zero-order valence-electron chi connectivity index (χ0n) is 13.4. The number of amides is 1. The Balaban J connectivity index is 1.51. The molecule has 0 bridgehead atoms. The van der Waals surface area contributed by atoms with E-state index in [0.29, 0.717) is 25.1 Å². The fraction of sp³-hybridized carbons (Fsp3) is 0.588. The van der Waals surface area contributed by atoms with Gasteiger partial charge in [-0.2, -0.15) is 0 Å². The van der Waals surface area contributed by atoms with E-state index in [9.17, 15) is 18.0 Å². The van der Waals surface area contributed by atoms with Gasteiger partial charge >= 0.3 is 0 Å². The van der Waals surface area contributed by atoms with Crippen molar-refractivity contribution in [2.75, 3.05) is 45.9 Å². The maximum atomic E-state index is 13.6. The molecule has 24 heavy (non-hydrogen) atoms. The quantitative estimate of drug-likeness (QED) is 0.783. The predicted molar refractivity (Wildman–Crippen MR) is 82.0 cm³/mol. The molecule has 1 unspecified atom stereocenters. The van der Waals surface area contributed by atoms with E-state index < -0.39 is 17.5 Å². The van der Waals surface area contributed by atoms with Gasteiger partial charge in [0.1, 0.15) is 5.82 Å². The van der Waals surface area contributed by atoms with E-state index in [1.807, 2.05) is 0 Å². The summed E-state index contributed by atoms with van der Waals surface area (Å²) < 4.78 is 45.2. The Hall–Kier alpha value is -1.60. The lowest BCUT2D eigenvalue weighted by atomic mass is 10.1. The lowest BCUT2D eigenvalue weighted by Crippen LogP contribution is -2.50. The second-order valence-electron chi connectivity index (χ2n) is 6.45. The average Bonchev–Trinajstić information content (AvgIpc) is 3.06. The molecule has 2 aliphatic heterocycles. The van der Waals surface area contributed by atoms with Crippen molar-refractivity contribution in [1.29, 1.82) is 0 Å². The van der Waals surface area contributed by atoms with Crippen molar-refractivity contribution in [3.63, 3.8) is 0 Å². The molecular formula is C17H21F3N2O2. The maximum absolute atomic E-state index is 13.6. The third kappa shape index (κ3) is 4.08. The Labute approximate surface area is 139 Å². The number of hydrogen-bond acceptors (Lipinski definition) is 3. The highest BCUT2D eigenvalue weighted by Gasteiger charge is 2.25. The summed E-state index contributed by atoms with van der Waals surface area (Å²) in [5.74, 6) is -2.97. The van der Waals surface area contributed by atoms with Crippen molar-refractivity contribution < 1.29 is 22.7 Å². The van der Waals surface area contributed by atoms with Gasteiger partial charge in [0, 0.05) is 51.0 Å². The van der Waals surface area contributed by atoms with Crippen LogP contribution in [-0.2, 0) is 16.0 Å². The van der Waals surface area contributed by atoms with Gasteiger partial charge in [0.15, 0.2) is 11.6 Å². The summed E-state index contributed by atoms with van der Waals surface area (Å²) in [6.07, 6.45) is 0.827. The maximum Gasteiger partial charge on any atom is 0.227 e. The second-order valence-corrected chi connectivity index (χ2v) is 6.45. The molecule has 1 amide bonds. The Bertz CT molecular complexity index is 598. The number of halogens is 3. The largest absolute Gasteiger partial charge is 0.381 e. The van der Waals surface area contributed by atoms with Gasteiger partial charge in [-0.15, -0.1) is 0 Å². The summed E-state index contributed by atoms with van der Waals surface area (Å²) >= 11 is 0. The molecule has 0 aromatic heterocycles. The molecule has 0 aliphatic carbocycles. The van der Waals surface area contributed by atoms with Crippen LogP contribution in [0.5, 0.6) is 0 Å². The van der Waals surface area contributed by atoms with Gasteiger partial charge in [0.05, 0.1) is 13.0 Å². The van der Waals surface area contributed by atoms with E-state index in [1.54, 1.807) is 4.90 Å². The fourth-order valence-corrected chi connectivity index (χ4v) is 3.25. The van der Waals surface area contributed by atoms with Crippen LogP contribution in [0.3, 0.4) is 0 Å². The van der Waals surface area contributed by atoms with Gasteiger partial charge in [-0.1, -0.05) is 0 Å². The molecule has 0 spiro atoms. The highest BCUT2D eigenvalue weighted by atomic mass is 19.2. The lowest BCUT2D eigenvalue weighted by molar-refractivity contribution is -0.132. The van der Waals surface area contributed by atoms with Crippen LogP contribution in [0.1, 0.15) is 12.0 Å². The predicted octanol–water partition coefficient (Wildman–Crippen LogP) is 1.83. The number of rotatable bonds is 4. The van der Waals surface area contributed by atoms with E-state index in [0.717, 1.165) is 45.3 Å². The molecule has 7 heteroatoms. The first kappa shape index (κ1) is 17.2. The van der Waals surface area contributed by atoms with Crippen LogP contribution in [0, 0.1) is 23.4 Å². The molecule has 4 nitrogen and oxygen atoms in total. The molecule has 3 rings (SSSR count). The Morgan fingerprint density at radius 3 is 2.46 bits per heavy atom. The van der Waals surface area contributed by atoms with Crippen molar-refractivity contribution >= 4 is 5.91 Å². The van der Waals surface area contributed by atoms with Crippen molar-refractivity contribution in [2.45, 2.75) is 12.8 Å². The number of benzene rings is 1. The normalized spacial score (nSPS) is 22.1. The topological polar surface area (TPSA) is 32.8 Å². The monoisotopic (exact) mass is 342 g/mol. The van der Waals surface area contributed by atoms with Crippen molar-refractivity contribution in [3.05, 3.63) is 35.1 Å². The van der Waals surface area contributed by atoms with Crippen LogP contribution in [0.15, 0.2) is 12.1 Å². The van der Waals surface area contributed by atoms with E-state index in [4.69, 9.17) is 4.74 Å². The zero-order valence-corrected chi connectivity index (χ0v) is 13.4. The smallest absolute Gasteiger partial charge is 0.227 e. The first-order chi connectivity index (χ1) is 11.5. The molecule has 0 N–H and O–H groups in total. The van der Waals surface area contributed by atoms with Crippen molar-refractivity contribution in [2.24, 2.45) is 5.92 Å². The summed E-state index contributed by atoms with van der Waals surface area (Å²) in [7, 11) is 0. The Kier molecular flexibility index (Phi) is 5.40. The number of ether oxygens (including phenoxy) is 1. The molecule has 2 aliphatic rings. The van der Waals surface area contributed by atoms with E-state index >= 15 is 0 Å². The summed E-state index contributed by atoms with van der Waals surface area (Å²) in [6.45, 7) is 5.26. The van der Waals surface area contributed by atoms with Gasteiger partial charge in [0.25, 0.3) is 0 Å². The average molecular weight is 342 g/mol. The van der Waals surface area contributed by atoms with E-state index in [2.05, 4.69) is 4.90 Å². The van der Waals surface area contributed by atoms with Crippen LogP contribution >= 0.6 is 0 Å². The fourth-order valence-electron chi connectivity index (χ4n) is 3.25. The van der Waals surface area contributed by atoms with Gasteiger partial charge < -0.3 is 9.64 Å². The molecule has 2 heterocycles. The summed E-state index contributed by atoms with van der Waals surface area (Å²) in [6, 6.07) is 1.25. The minimum atomic E-state index is -1.24. The van der Waals surface area contributed by atoms with Gasteiger partial charge in [0.2, 0.25) is 5.91 Å². The molecule has 1 atom stereocenters. The minimum absolute atomic E-state index is 0.107. The molecule has 1 aromatic carbocycles. The number of carbonyl (C=O) groups is 1. The highest BCUT2D eigenvalue weighted by Crippen LogP contribution is 2.17. The molecule has 132 valence electrons. The Morgan fingerprint density at radius 1 is 1.08 bits per heavy atom. The molecular weight excluding hydrogens is 321 g/mol.